The summed E-state index contributed by atoms with van der Waals surface area (Å²) in [6.07, 6.45) is -0.677. The molecule has 0 aliphatic carbocycles. The van der Waals surface area contributed by atoms with E-state index < -0.39 is 17.7 Å². The SMILES string of the molecule is O=C(O)CC1=CCN(c2ncc(C(F)(F)F)cn2)CC1. The van der Waals surface area contributed by atoms with Gasteiger partial charge in [0.1, 0.15) is 0 Å². The van der Waals surface area contributed by atoms with E-state index in [1.165, 1.54) is 0 Å². The molecule has 0 radical (unpaired) electrons. The molecule has 0 fully saturated rings. The van der Waals surface area contributed by atoms with Crippen molar-refractivity contribution in [2.24, 2.45) is 0 Å². The Morgan fingerprint density at radius 1 is 1.35 bits per heavy atom. The van der Waals surface area contributed by atoms with Crippen LogP contribution in [-0.4, -0.2) is 34.1 Å². The molecule has 0 saturated carbocycles. The van der Waals surface area contributed by atoms with Gasteiger partial charge in [0, 0.05) is 25.5 Å². The number of anilines is 1. The fourth-order valence-electron chi connectivity index (χ4n) is 1.88. The predicted molar refractivity (Wildman–Crippen MR) is 64.2 cm³/mol. The van der Waals surface area contributed by atoms with Crippen molar-refractivity contribution in [3.8, 4) is 0 Å². The highest BCUT2D eigenvalue weighted by molar-refractivity contribution is 5.70. The maximum absolute atomic E-state index is 12.4. The molecule has 0 saturated heterocycles. The van der Waals surface area contributed by atoms with E-state index in [0.29, 0.717) is 19.5 Å². The Kier molecular flexibility index (Phi) is 3.91. The molecule has 5 nitrogen and oxygen atoms in total. The molecule has 108 valence electrons. The van der Waals surface area contributed by atoms with Gasteiger partial charge >= 0.3 is 12.1 Å². The van der Waals surface area contributed by atoms with Gasteiger partial charge in [-0.25, -0.2) is 9.97 Å². The van der Waals surface area contributed by atoms with Crippen LogP contribution in [0.3, 0.4) is 0 Å². The number of aromatic nitrogens is 2. The Hall–Kier alpha value is -2.12. The van der Waals surface area contributed by atoms with Crippen LogP contribution >= 0.6 is 0 Å². The number of carboxylic acid groups (broad SMARTS) is 1. The van der Waals surface area contributed by atoms with Crippen molar-refractivity contribution >= 4 is 11.9 Å². The van der Waals surface area contributed by atoms with Gasteiger partial charge in [0.05, 0.1) is 12.0 Å². The summed E-state index contributed by atoms with van der Waals surface area (Å²) in [4.78, 5) is 19.7. The smallest absolute Gasteiger partial charge is 0.419 e. The van der Waals surface area contributed by atoms with E-state index in [1.807, 2.05) is 0 Å². The van der Waals surface area contributed by atoms with Gasteiger partial charge in [-0.1, -0.05) is 11.6 Å². The lowest BCUT2D eigenvalue weighted by atomic mass is 10.1. The molecule has 2 heterocycles. The summed E-state index contributed by atoms with van der Waals surface area (Å²) < 4.78 is 37.1. The second kappa shape index (κ2) is 5.48. The quantitative estimate of drug-likeness (QED) is 0.862. The Balaban J connectivity index is 2.04. The van der Waals surface area contributed by atoms with Crippen LogP contribution in [0.2, 0.25) is 0 Å². The number of carboxylic acids is 1. The average molecular weight is 287 g/mol. The Morgan fingerprint density at radius 3 is 2.45 bits per heavy atom. The van der Waals surface area contributed by atoms with Crippen LogP contribution in [0.1, 0.15) is 18.4 Å². The molecule has 0 amide bonds. The molecule has 2 rings (SSSR count). The number of hydrogen-bond donors (Lipinski definition) is 1. The third-order valence-corrected chi connectivity index (χ3v) is 2.93. The molecular formula is C12H12F3N3O2. The molecule has 1 aromatic rings. The zero-order chi connectivity index (χ0) is 14.8. The standard InChI is InChI=1S/C12H12F3N3O2/c13-12(14,15)9-6-16-11(17-7-9)18-3-1-8(2-4-18)5-10(19)20/h1,6-7H,2-5H2,(H,19,20). The molecule has 0 aromatic carbocycles. The number of carbonyl (C=O) groups is 1. The van der Waals surface area contributed by atoms with E-state index >= 15 is 0 Å². The first-order valence-corrected chi connectivity index (χ1v) is 5.90. The van der Waals surface area contributed by atoms with Crippen LogP contribution in [-0.2, 0) is 11.0 Å². The topological polar surface area (TPSA) is 66.3 Å². The van der Waals surface area contributed by atoms with Gasteiger partial charge in [0.25, 0.3) is 0 Å². The molecule has 1 aliphatic rings. The summed E-state index contributed by atoms with van der Waals surface area (Å²) >= 11 is 0. The number of rotatable bonds is 3. The van der Waals surface area contributed by atoms with Gasteiger partial charge in [0.15, 0.2) is 0 Å². The summed E-state index contributed by atoms with van der Waals surface area (Å²) in [6, 6.07) is 0. The monoisotopic (exact) mass is 287 g/mol. The summed E-state index contributed by atoms with van der Waals surface area (Å²) in [5, 5.41) is 8.67. The van der Waals surface area contributed by atoms with Crippen LogP contribution in [0.5, 0.6) is 0 Å². The van der Waals surface area contributed by atoms with Crippen molar-refractivity contribution in [2.45, 2.75) is 19.0 Å². The Bertz CT molecular complexity index is 526. The maximum Gasteiger partial charge on any atom is 0.419 e. The minimum absolute atomic E-state index is 0.0122. The van der Waals surface area contributed by atoms with Gasteiger partial charge in [-0.2, -0.15) is 13.2 Å². The van der Waals surface area contributed by atoms with Crippen LogP contribution in [0.15, 0.2) is 24.0 Å². The number of halogens is 3. The predicted octanol–water partition coefficient (Wildman–Crippen LogP) is 2.11. The summed E-state index contributed by atoms with van der Waals surface area (Å²) in [7, 11) is 0. The molecular weight excluding hydrogens is 275 g/mol. The van der Waals surface area contributed by atoms with E-state index in [4.69, 9.17) is 5.11 Å². The van der Waals surface area contributed by atoms with Crippen molar-refractivity contribution in [1.29, 1.82) is 0 Å². The number of nitrogens with zero attached hydrogens (tertiary/aromatic N) is 3. The first kappa shape index (κ1) is 14.3. The van der Waals surface area contributed by atoms with Crippen molar-refractivity contribution in [1.82, 2.24) is 9.97 Å². The molecule has 8 heteroatoms. The fourth-order valence-corrected chi connectivity index (χ4v) is 1.88. The normalized spacial score (nSPS) is 15.9. The highest BCUT2D eigenvalue weighted by Crippen LogP contribution is 2.28. The third kappa shape index (κ3) is 3.46. The van der Waals surface area contributed by atoms with E-state index in [-0.39, 0.29) is 12.4 Å². The number of aliphatic carboxylic acids is 1. The zero-order valence-corrected chi connectivity index (χ0v) is 10.4. The number of hydrogen-bond acceptors (Lipinski definition) is 4. The lowest BCUT2D eigenvalue weighted by Gasteiger charge is -2.26. The van der Waals surface area contributed by atoms with Crippen LogP contribution in [0.25, 0.3) is 0 Å². The molecule has 0 spiro atoms. The highest BCUT2D eigenvalue weighted by Gasteiger charge is 2.31. The Morgan fingerprint density at radius 2 is 2.00 bits per heavy atom. The van der Waals surface area contributed by atoms with Crippen LogP contribution in [0, 0.1) is 0 Å². The second-order valence-corrected chi connectivity index (χ2v) is 4.40. The zero-order valence-electron chi connectivity index (χ0n) is 10.4. The molecule has 20 heavy (non-hydrogen) atoms. The van der Waals surface area contributed by atoms with Crippen LogP contribution in [0.4, 0.5) is 19.1 Å². The lowest BCUT2D eigenvalue weighted by molar-refractivity contribution is -0.138. The molecule has 0 unspecified atom stereocenters. The van der Waals surface area contributed by atoms with Gasteiger partial charge < -0.3 is 10.0 Å². The van der Waals surface area contributed by atoms with Gasteiger partial charge in [0.2, 0.25) is 5.95 Å². The van der Waals surface area contributed by atoms with Crippen molar-refractivity contribution in [3.05, 3.63) is 29.6 Å². The minimum atomic E-state index is -4.45. The Labute approximate surface area is 112 Å². The molecule has 0 atom stereocenters. The van der Waals surface area contributed by atoms with Crippen LogP contribution < -0.4 is 4.90 Å². The largest absolute Gasteiger partial charge is 0.481 e. The van der Waals surface area contributed by atoms with E-state index in [2.05, 4.69) is 9.97 Å². The minimum Gasteiger partial charge on any atom is -0.481 e. The van der Waals surface area contributed by atoms with Gasteiger partial charge in [-0.15, -0.1) is 0 Å². The molecule has 1 aromatic heterocycles. The van der Waals surface area contributed by atoms with Crippen molar-refractivity contribution in [2.75, 3.05) is 18.0 Å². The van der Waals surface area contributed by atoms with E-state index in [0.717, 1.165) is 18.0 Å². The molecule has 0 bridgehead atoms. The second-order valence-electron chi connectivity index (χ2n) is 4.40. The summed E-state index contributed by atoms with van der Waals surface area (Å²) in [5.41, 5.74) is -0.0824. The van der Waals surface area contributed by atoms with E-state index in [9.17, 15) is 18.0 Å². The summed E-state index contributed by atoms with van der Waals surface area (Å²) in [6.45, 7) is 0.887. The molecule has 1 aliphatic heterocycles. The van der Waals surface area contributed by atoms with Gasteiger partial charge in [-0.3, -0.25) is 4.79 Å². The maximum atomic E-state index is 12.4. The fraction of sp³-hybridized carbons (Fsp3) is 0.417. The molecule has 1 N–H and O–H groups in total. The highest BCUT2D eigenvalue weighted by atomic mass is 19.4. The van der Waals surface area contributed by atoms with E-state index in [1.54, 1.807) is 11.0 Å². The van der Waals surface area contributed by atoms with Crippen molar-refractivity contribution in [3.63, 3.8) is 0 Å². The average Bonchev–Trinajstić information content (AvgIpc) is 2.38. The lowest BCUT2D eigenvalue weighted by Crippen LogP contribution is -2.30. The van der Waals surface area contributed by atoms with Gasteiger partial charge in [-0.05, 0) is 6.42 Å². The summed E-state index contributed by atoms with van der Waals surface area (Å²) in [5.74, 6) is -0.681. The number of alkyl halides is 3. The third-order valence-electron chi connectivity index (χ3n) is 2.93. The first-order chi connectivity index (χ1) is 9.36. The first-order valence-electron chi connectivity index (χ1n) is 5.90. The van der Waals surface area contributed by atoms with Crippen molar-refractivity contribution < 1.29 is 23.1 Å².